The Balaban J connectivity index is 1.26. The minimum Gasteiger partial charge on any atom is -0.444 e. The van der Waals surface area contributed by atoms with Gasteiger partial charge >= 0.3 is 6.09 Å². The molecule has 152 valence electrons. The van der Waals surface area contributed by atoms with Gasteiger partial charge in [0.25, 0.3) is 0 Å². The highest BCUT2D eigenvalue weighted by molar-refractivity contribution is 7.19. The molecule has 3 heterocycles. The molecule has 0 radical (unpaired) electrons. The number of aromatic nitrogens is 3. The minimum absolute atomic E-state index is 0.201. The summed E-state index contributed by atoms with van der Waals surface area (Å²) in [6.07, 6.45) is 1.71. The molecule has 6 nitrogen and oxygen atoms in total. The molecular weight excluding hydrogens is 396 g/mol. The molecular formula is C23H22N4O2S. The number of carbonyl (C=O) groups excluding carboxylic acids is 1. The first-order valence-corrected chi connectivity index (χ1v) is 10.9. The van der Waals surface area contributed by atoms with Crippen molar-refractivity contribution in [3.05, 3.63) is 65.1 Å². The Morgan fingerprint density at radius 3 is 2.93 bits per heavy atom. The van der Waals surface area contributed by atoms with Crippen LogP contribution in [0.2, 0.25) is 0 Å². The van der Waals surface area contributed by atoms with E-state index < -0.39 is 6.09 Å². The summed E-state index contributed by atoms with van der Waals surface area (Å²) in [4.78, 5) is 21.7. The highest BCUT2D eigenvalue weighted by Crippen LogP contribution is 2.33. The molecule has 1 N–H and O–H groups in total. The number of aryl methyl sites for hydroxylation is 4. The normalized spacial score (nSPS) is 12.9. The monoisotopic (exact) mass is 418 g/mol. The number of imidazole rings is 1. The first-order valence-electron chi connectivity index (χ1n) is 10.0. The van der Waals surface area contributed by atoms with E-state index >= 15 is 0 Å². The molecule has 0 aliphatic carbocycles. The van der Waals surface area contributed by atoms with Gasteiger partial charge in [0, 0.05) is 18.5 Å². The molecule has 0 fully saturated rings. The second-order valence-electron chi connectivity index (χ2n) is 7.56. The third-order valence-electron chi connectivity index (χ3n) is 5.43. The summed E-state index contributed by atoms with van der Waals surface area (Å²) >= 11 is 1.46. The number of nitrogens with one attached hydrogen (secondary N) is 1. The van der Waals surface area contributed by atoms with E-state index in [1.54, 1.807) is 0 Å². The van der Waals surface area contributed by atoms with Crippen molar-refractivity contribution >= 4 is 33.5 Å². The topological polar surface area (TPSA) is 69.0 Å². The number of thiazole rings is 1. The van der Waals surface area contributed by atoms with Crippen LogP contribution in [0.15, 0.2) is 42.5 Å². The zero-order valence-electron chi connectivity index (χ0n) is 16.9. The zero-order valence-corrected chi connectivity index (χ0v) is 17.8. The quantitative estimate of drug-likeness (QED) is 0.477. The second kappa shape index (κ2) is 7.57. The average molecular weight is 419 g/mol. The molecule has 0 unspecified atom stereocenters. The number of ether oxygens (including phenoxy) is 1. The Morgan fingerprint density at radius 1 is 1.20 bits per heavy atom. The maximum absolute atomic E-state index is 12.4. The van der Waals surface area contributed by atoms with Gasteiger partial charge in [0.15, 0.2) is 0 Å². The van der Waals surface area contributed by atoms with Crippen LogP contribution < -0.4 is 5.32 Å². The molecule has 2 aromatic carbocycles. The van der Waals surface area contributed by atoms with Crippen LogP contribution in [-0.2, 0) is 24.3 Å². The smallest absolute Gasteiger partial charge is 0.412 e. The molecule has 7 heteroatoms. The summed E-state index contributed by atoms with van der Waals surface area (Å²) in [5, 5.41) is 4.43. The van der Waals surface area contributed by atoms with Crippen molar-refractivity contribution in [3.63, 3.8) is 0 Å². The van der Waals surface area contributed by atoms with Crippen molar-refractivity contribution < 1.29 is 9.53 Å². The summed E-state index contributed by atoms with van der Waals surface area (Å²) in [6, 6.07) is 14.2. The van der Waals surface area contributed by atoms with Crippen LogP contribution in [0, 0.1) is 13.8 Å². The van der Waals surface area contributed by atoms with Gasteiger partial charge in [-0.3, -0.25) is 5.32 Å². The van der Waals surface area contributed by atoms with E-state index in [4.69, 9.17) is 9.72 Å². The Morgan fingerprint density at radius 2 is 2.07 bits per heavy atom. The Kier molecular flexibility index (Phi) is 4.75. The molecule has 0 saturated carbocycles. The van der Waals surface area contributed by atoms with E-state index in [2.05, 4.69) is 33.9 Å². The maximum Gasteiger partial charge on any atom is 0.412 e. The predicted octanol–water partition coefficient (Wildman–Crippen LogP) is 5.47. The molecule has 0 spiro atoms. The fourth-order valence-corrected chi connectivity index (χ4v) is 4.91. The van der Waals surface area contributed by atoms with Gasteiger partial charge in [-0.25, -0.2) is 14.8 Å². The van der Waals surface area contributed by atoms with Crippen LogP contribution >= 0.6 is 11.3 Å². The molecule has 4 aromatic rings. The molecule has 1 amide bonds. The number of benzene rings is 2. The fourth-order valence-electron chi connectivity index (χ4n) is 3.87. The number of hydrogen-bond acceptors (Lipinski definition) is 5. The lowest BCUT2D eigenvalue weighted by atomic mass is 10.1. The highest BCUT2D eigenvalue weighted by Gasteiger charge is 2.17. The molecule has 0 saturated heterocycles. The van der Waals surface area contributed by atoms with Gasteiger partial charge in [-0.2, -0.15) is 0 Å². The minimum atomic E-state index is -0.481. The lowest BCUT2D eigenvalue weighted by Gasteiger charge is -2.06. The van der Waals surface area contributed by atoms with Crippen molar-refractivity contribution in [2.45, 2.75) is 39.8 Å². The van der Waals surface area contributed by atoms with E-state index in [0.717, 1.165) is 63.6 Å². The predicted molar refractivity (Wildman–Crippen MR) is 119 cm³/mol. The van der Waals surface area contributed by atoms with Crippen molar-refractivity contribution in [2.75, 3.05) is 5.32 Å². The number of carbonyl (C=O) groups is 1. The third kappa shape index (κ3) is 3.45. The number of nitrogens with zero attached hydrogens (tertiary/aromatic N) is 3. The van der Waals surface area contributed by atoms with E-state index in [-0.39, 0.29) is 6.61 Å². The fraction of sp³-hybridized carbons (Fsp3) is 0.261. The summed E-state index contributed by atoms with van der Waals surface area (Å²) in [6.45, 7) is 5.17. The lowest BCUT2D eigenvalue weighted by Crippen LogP contribution is -2.13. The van der Waals surface area contributed by atoms with Crippen LogP contribution in [0.4, 0.5) is 9.80 Å². The Bertz CT molecular complexity index is 1260. The largest absolute Gasteiger partial charge is 0.444 e. The first-order chi connectivity index (χ1) is 14.6. The van der Waals surface area contributed by atoms with Crippen LogP contribution in [-0.4, -0.2) is 20.6 Å². The molecule has 0 bridgehead atoms. The summed E-state index contributed by atoms with van der Waals surface area (Å²) < 4.78 is 7.72. The Hall–Kier alpha value is -3.19. The molecule has 2 aromatic heterocycles. The second-order valence-corrected chi connectivity index (χ2v) is 8.55. The third-order valence-corrected chi connectivity index (χ3v) is 6.54. The van der Waals surface area contributed by atoms with Crippen molar-refractivity contribution in [2.24, 2.45) is 0 Å². The Labute approximate surface area is 178 Å². The number of fused-ring (bicyclic) bond motifs is 3. The van der Waals surface area contributed by atoms with Gasteiger partial charge in [-0.15, -0.1) is 0 Å². The van der Waals surface area contributed by atoms with Gasteiger partial charge in [0.05, 0.1) is 16.7 Å². The summed E-state index contributed by atoms with van der Waals surface area (Å²) in [5.74, 6) is 1.14. The summed E-state index contributed by atoms with van der Waals surface area (Å²) in [7, 11) is 0. The van der Waals surface area contributed by atoms with Gasteiger partial charge in [0.2, 0.25) is 0 Å². The molecule has 0 atom stereocenters. The number of hydrogen-bond donors (Lipinski definition) is 1. The maximum atomic E-state index is 12.4. The van der Waals surface area contributed by atoms with E-state index in [1.807, 2.05) is 37.3 Å². The van der Waals surface area contributed by atoms with Gasteiger partial charge in [0.1, 0.15) is 22.4 Å². The van der Waals surface area contributed by atoms with Crippen molar-refractivity contribution in [1.82, 2.24) is 14.5 Å². The van der Waals surface area contributed by atoms with Crippen LogP contribution in [0.3, 0.4) is 0 Å². The standard InChI is InChI=1S/C23H22N4O2S/c1-14-6-3-4-7-17(14)22-24-15(2)21(30-22)26-23(28)29-13-16-9-10-19-18(12-16)25-20-8-5-11-27(19)20/h3-4,6-7,9-10,12H,5,8,11,13H2,1-2H3,(H,26,28). The van der Waals surface area contributed by atoms with Gasteiger partial charge in [-0.05, 0) is 43.5 Å². The number of amides is 1. The SMILES string of the molecule is Cc1ccccc1-c1nc(C)c(NC(=O)OCc2ccc3c(c2)nc2n3CCC2)s1. The summed E-state index contributed by atoms with van der Waals surface area (Å²) in [5.41, 5.74) is 6.06. The molecule has 5 rings (SSSR count). The van der Waals surface area contributed by atoms with Crippen molar-refractivity contribution in [1.29, 1.82) is 0 Å². The van der Waals surface area contributed by atoms with Gasteiger partial charge < -0.3 is 9.30 Å². The highest BCUT2D eigenvalue weighted by atomic mass is 32.1. The number of rotatable bonds is 4. The first kappa shape index (κ1) is 18.8. The van der Waals surface area contributed by atoms with E-state index in [1.165, 1.54) is 11.3 Å². The lowest BCUT2D eigenvalue weighted by molar-refractivity contribution is 0.155. The molecule has 30 heavy (non-hydrogen) atoms. The van der Waals surface area contributed by atoms with Crippen LogP contribution in [0.25, 0.3) is 21.6 Å². The van der Waals surface area contributed by atoms with Gasteiger partial charge in [-0.1, -0.05) is 41.7 Å². The van der Waals surface area contributed by atoms with E-state index in [0.29, 0.717) is 5.00 Å². The average Bonchev–Trinajstić information content (AvgIpc) is 3.41. The van der Waals surface area contributed by atoms with Crippen LogP contribution in [0.1, 0.15) is 29.1 Å². The number of anilines is 1. The molecule has 1 aliphatic rings. The van der Waals surface area contributed by atoms with Crippen LogP contribution in [0.5, 0.6) is 0 Å². The molecule has 1 aliphatic heterocycles. The van der Waals surface area contributed by atoms with Crippen molar-refractivity contribution in [3.8, 4) is 10.6 Å². The van der Waals surface area contributed by atoms with E-state index in [9.17, 15) is 4.79 Å². The zero-order chi connectivity index (χ0) is 20.7.